The zero-order valence-corrected chi connectivity index (χ0v) is 13.5. The van der Waals surface area contributed by atoms with Gasteiger partial charge in [-0.1, -0.05) is 36.4 Å². The van der Waals surface area contributed by atoms with E-state index < -0.39 is 17.5 Å². The molecule has 0 N–H and O–H groups in total. The Kier molecular flexibility index (Phi) is 3.89. The first kappa shape index (κ1) is 15.9. The van der Waals surface area contributed by atoms with Gasteiger partial charge in [0.1, 0.15) is 0 Å². The zero-order valence-electron chi connectivity index (χ0n) is 13.5. The number of hydrogen-bond acceptors (Lipinski definition) is 4. The number of pyridine rings is 1. The fraction of sp³-hybridized carbons (Fsp3) is 0.222. The predicted molar refractivity (Wildman–Crippen MR) is 87.2 cm³/mol. The molecule has 2 heterocycles. The lowest BCUT2D eigenvalue weighted by molar-refractivity contribution is -0.132. The van der Waals surface area contributed by atoms with Crippen LogP contribution in [0.4, 0.5) is 4.79 Å². The normalized spacial score (nSPS) is 20.6. The van der Waals surface area contributed by atoms with Crippen LogP contribution in [0.3, 0.4) is 0 Å². The first-order valence-corrected chi connectivity index (χ1v) is 7.55. The summed E-state index contributed by atoms with van der Waals surface area (Å²) in [5.41, 5.74) is -0.275. The molecule has 1 aromatic carbocycles. The van der Waals surface area contributed by atoms with E-state index in [4.69, 9.17) is 0 Å². The third-order valence-corrected chi connectivity index (χ3v) is 4.41. The van der Waals surface area contributed by atoms with Gasteiger partial charge in [0.05, 0.1) is 12.2 Å². The second kappa shape index (κ2) is 5.88. The summed E-state index contributed by atoms with van der Waals surface area (Å²) in [6.45, 7) is 1.36. The van der Waals surface area contributed by atoms with E-state index in [1.165, 1.54) is 4.90 Å². The lowest BCUT2D eigenvalue weighted by Gasteiger charge is -2.27. The van der Waals surface area contributed by atoms with Crippen molar-refractivity contribution < 1.29 is 14.4 Å². The number of urea groups is 1. The Balaban J connectivity index is 1.90. The maximum atomic E-state index is 12.9. The third-order valence-electron chi connectivity index (χ3n) is 4.41. The summed E-state index contributed by atoms with van der Waals surface area (Å²) in [6, 6.07) is 13.3. The predicted octanol–water partition coefficient (Wildman–Crippen LogP) is 2.07. The van der Waals surface area contributed by atoms with Crippen molar-refractivity contribution in [2.75, 3.05) is 13.6 Å². The number of likely N-dealkylation sites (N-methyl/N-ethyl adjacent to an activating group) is 1. The highest BCUT2D eigenvalue weighted by molar-refractivity contribution is 6.11. The first-order chi connectivity index (χ1) is 11.5. The van der Waals surface area contributed by atoms with Gasteiger partial charge in [0.15, 0.2) is 11.3 Å². The Hall–Kier alpha value is -3.02. The highest BCUT2D eigenvalue weighted by Crippen LogP contribution is 2.34. The van der Waals surface area contributed by atoms with E-state index in [0.29, 0.717) is 11.3 Å². The van der Waals surface area contributed by atoms with Crippen LogP contribution in [-0.4, -0.2) is 46.1 Å². The van der Waals surface area contributed by atoms with Gasteiger partial charge in [0.2, 0.25) is 0 Å². The molecule has 1 saturated heterocycles. The van der Waals surface area contributed by atoms with Crippen LogP contribution in [0.5, 0.6) is 0 Å². The van der Waals surface area contributed by atoms with Crippen LogP contribution in [0, 0.1) is 0 Å². The minimum atomic E-state index is -1.21. The molecule has 0 radical (unpaired) electrons. The van der Waals surface area contributed by atoms with Gasteiger partial charge in [-0.3, -0.25) is 19.5 Å². The number of nitrogens with zero attached hydrogens (tertiary/aromatic N) is 3. The third kappa shape index (κ3) is 2.36. The molecule has 1 aromatic heterocycles. The average molecular weight is 323 g/mol. The maximum absolute atomic E-state index is 12.9. The molecule has 24 heavy (non-hydrogen) atoms. The number of imide groups is 1. The fourth-order valence-corrected chi connectivity index (χ4v) is 2.80. The fourth-order valence-electron chi connectivity index (χ4n) is 2.80. The Bertz CT molecular complexity index is 792. The SMILES string of the molecule is CN1C(=O)N(CC(=O)c2ccccc2)C(=O)C1(C)c1ccccn1. The highest BCUT2D eigenvalue weighted by atomic mass is 16.2. The quantitative estimate of drug-likeness (QED) is 0.638. The number of rotatable bonds is 4. The second-order valence-electron chi connectivity index (χ2n) is 5.81. The molecule has 1 atom stereocenters. The van der Waals surface area contributed by atoms with E-state index in [0.717, 1.165) is 4.90 Å². The zero-order chi connectivity index (χ0) is 17.3. The molecule has 122 valence electrons. The van der Waals surface area contributed by atoms with Crippen molar-refractivity contribution in [3.8, 4) is 0 Å². The van der Waals surface area contributed by atoms with Gasteiger partial charge in [-0.05, 0) is 19.1 Å². The molecule has 0 aliphatic carbocycles. The average Bonchev–Trinajstić information content (AvgIpc) is 2.79. The molecular formula is C18H17N3O3. The first-order valence-electron chi connectivity index (χ1n) is 7.55. The van der Waals surface area contributed by atoms with Gasteiger partial charge >= 0.3 is 6.03 Å². The molecular weight excluding hydrogens is 306 g/mol. The Labute approximate surface area is 139 Å². The van der Waals surface area contributed by atoms with Crippen LogP contribution in [-0.2, 0) is 10.3 Å². The largest absolute Gasteiger partial charge is 0.328 e. The topological polar surface area (TPSA) is 70.6 Å². The van der Waals surface area contributed by atoms with Gasteiger partial charge in [0, 0.05) is 18.8 Å². The van der Waals surface area contributed by atoms with Crippen molar-refractivity contribution in [3.05, 3.63) is 66.0 Å². The van der Waals surface area contributed by atoms with Gasteiger partial charge in [0.25, 0.3) is 5.91 Å². The van der Waals surface area contributed by atoms with Crippen LogP contribution >= 0.6 is 0 Å². The van der Waals surface area contributed by atoms with Crippen molar-refractivity contribution in [3.63, 3.8) is 0 Å². The van der Waals surface area contributed by atoms with E-state index in [2.05, 4.69) is 4.98 Å². The van der Waals surface area contributed by atoms with Crippen molar-refractivity contribution >= 4 is 17.7 Å². The lowest BCUT2D eigenvalue weighted by Crippen LogP contribution is -2.43. The number of hydrogen-bond donors (Lipinski definition) is 0. The molecule has 1 aliphatic rings. The summed E-state index contributed by atoms with van der Waals surface area (Å²) in [4.78, 5) is 44.3. The summed E-state index contributed by atoms with van der Waals surface area (Å²) in [6.07, 6.45) is 1.57. The summed E-state index contributed by atoms with van der Waals surface area (Å²) in [5, 5.41) is 0. The van der Waals surface area contributed by atoms with Crippen molar-refractivity contribution in [2.45, 2.75) is 12.5 Å². The number of amides is 3. The minimum absolute atomic E-state index is 0.282. The molecule has 0 spiro atoms. The molecule has 0 saturated carbocycles. The molecule has 6 heteroatoms. The standard InChI is InChI=1S/C18H17N3O3/c1-18(15-10-6-7-11-19-15)16(23)21(17(24)20(18)2)12-14(22)13-8-4-3-5-9-13/h3-11H,12H2,1-2H3. The maximum Gasteiger partial charge on any atom is 0.328 e. The number of Topliss-reactive ketones (excluding diaryl/α,β-unsaturated/α-hetero) is 1. The summed E-state index contributed by atoms with van der Waals surface area (Å²) in [5.74, 6) is -0.728. The summed E-state index contributed by atoms with van der Waals surface area (Å²) in [7, 11) is 1.54. The Morgan fingerprint density at radius 2 is 1.75 bits per heavy atom. The van der Waals surface area contributed by atoms with Crippen molar-refractivity contribution in [1.82, 2.24) is 14.8 Å². The number of carbonyl (C=O) groups excluding carboxylic acids is 3. The van der Waals surface area contributed by atoms with Crippen LogP contribution < -0.4 is 0 Å². The molecule has 1 unspecified atom stereocenters. The minimum Gasteiger partial charge on any atom is -0.307 e. The van der Waals surface area contributed by atoms with Crippen LogP contribution in [0.15, 0.2) is 54.7 Å². The van der Waals surface area contributed by atoms with E-state index in [1.54, 1.807) is 68.7 Å². The number of carbonyl (C=O) groups is 3. The van der Waals surface area contributed by atoms with E-state index in [-0.39, 0.29) is 12.3 Å². The van der Waals surface area contributed by atoms with E-state index >= 15 is 0 Å². The van der Waals surface area contributed by atoms with Crippen molar-refractivity contribution in [1.29, 1.82) is 0 Å². The van der Waals surface area contributed by atoms with Crippen LogP contribution in [0.2, 0.25) is 0 Å². The molecule has 3 amide bonds. The second-order valence-corrected chi connectivity index (χ2v) is 5.81. The smallest absolute Gasteiger partial charge is 0.307 e. The summed E-state index contributed by atoms with van der Waals surface area (Å²) >= 11 is 0. The number of benzene rings is 1. The van der Waals surface area contributed by atoms with Crippen molar-refractivity contribution in [2.24, 2.45) is 0 Å². The van der Waals surface area contributed by atoms with Gasteiger partial charge in [-0.15, -0.1) is 0 Å². The van der Waals surface area contributed by atoms with E-state index in [9.17, 15) is 14.4 Å². The molecule has 3 rings (SSSR count). The number of aromatic nitrogens is 1. The van der Waals surface area contributed by atoms with Gasteiger partial charge < -0.3 is 4.90 Å². The molecule has 1 fully saturated rings. The lowest BCUT2D eigenvalue weighted by atomic mass is 9.95. The molecule has 6 nitrogen and oxygen atoms in total. The van der Waals surface area contributed by atoms with Gasteiger partial charge in [-0.2, -0.15) is 0 Å². The van der Waals surface area contributed by atoms with Crippen LogP contribution in [0.1, 0.15) is 23.0 Å². The number of ketones is 1. The molecule has 2 aromatic rings. The Morgan fingerprint density at radius 3 is 2.38 bits per heavy atom. The molecule has 1 aliphatic heterocycles. The summed E-state index contributed by atoms with van der Waals surface area (Å²) < 4.78 is 0. The van der Waals surface area contributed by atoms with E-state index in [1.807, 2.05) is 0 Å². The van der Waals surface area contributed by atoms with Gasteiger partial charge in [-0.25, -0.2) is 4.79 Å². The highest BCUT2D eigenvalue weighted by Gasteiger charge is 2.54. The monoisotopic (exact) mass is 323 g/mol. The molecule has 0 bridgehead atoms. The van der Waals surface area contributed by atoms with Crippen LogP contribution in [0.25, 0.3) is 0 Å². The Morgan fingerprint density at radius 1 is 1.08 bits per heavy atom.